The van der Waals surface area contributed by atoms with Crippen LogP contribution in [-0.4, -0.2) is 17.2 Å². The van der Waals surface area contributed by atoms with E-state index < -0.39 is 29.9 Å². The summed E-state index contributed by atoms with van der Waals surface area (Å²) < 4.78 is 41.5. The second-order valence-corrected chi connectivity index (χ2v) is 3.44. The van der Waals surface area contributed by atoms with Gasteiger partial charge in [0.25, 0.3) is 0 Å². The van der Waals surface area contributed by atoms with E-state index in [2.05, 4.69) is 0 Å². The molecule has 0 saturated carbocycles. The van der Waals surface area contributed by atoms with Gasteiger partial charge in [-0.25, -0.2) is 4.79 Å². The zero-order valence-electron chi connectivity index (χ0n) is 7.86. The van der Waals surface area contributed by atoms with Crippen molar-refractivity contribution in [1.29, 1.82) is 0 Å². The molecule has 0 aliphatic carbocycles. The summed E-state index contributed by atoms with van der Waals surface area (Å²) in [7, 11) is 0. The van der Waals surface area contributed by atoms with Gasteiger partial charge in [-0.15, -0.1) is 0 Å². The van der Waals surface area contributed by atoms with Crippen LogP contribution < -0.4 is 0 Å². The topological polar surface area (TPSA) is 49.8 Å². The van der Waals surface area contributed by atoms with Crippen LogP contribution in [0.3, 0.4) is 0 Å². The molecule has 0 unspecified atom stereocenters. The van der Waals surface area contributed by atoms with E-state index in [0.717, 1.165) is 12.1 Å². The molecular weight excluding hydrogens is 225 g/mol. The first-order valence-corrected chi connectivity index (χ1v) is 4.45. The molecule has 2 atom stereocenters. The largest absolute Gasteiger partial charge is 0.479 e. The van der Waals surface area contributed by atoms with E-state index in [9.17, 15) is 18.0 Å². The van der Waals surface area contributed by atoms with Crippen molar-refractivity contribution >= 4 is 5.97 Å². The summed E-state index contributed by atoms with van der Waals surface area (Å²) in [4.78, 5) is 10.5. The minimum absolute atomic E-state index is 0.445. The number of alkyl halides is 3. The average molecular weight is 232 g/mol. The lowest BCUT2D eigenvalue weighted by molar-refractivity contribution is -0.139. The third-order valence-corrected chi connectivity index (χ3v) is 2.30. The van der Waals surface area contributed by atoms with Crippen molar-refractivity contribution in [1.82, 2.24) is 0 Å². The predicted molar refractivity (Wildman–Crippen MR) is 46.7 cm³/mol. The first-order chi connectivity index (χ1) is 7.39. The molecule has 3 nitrogen and oxygen atoms in total. The summed E-state index contributed by atoms with van der Waals surface area (Å²) >= 11 is 0. The lowest BCUT2D eigenvalue weighted by atomic mass is 10.1. The number of aliphatic carboxylic acids is 1. The van der Waals surface area contributed by atoms with Gasteiger partial charge in [0.05, 0.1) is 5.56 Å². The maximum absolute atomic E-state index is 12.2. The Morgan fingerprint density at radius 3 is 2.19 bits per heavy atom. The van der Waals surface area contributed by atoms with Crippen LogP contribution in [0.4, 0.5) is 13.2 Å². The van der Waals surface area contributed by atoms with Crippen molar-refractivity contribution in [3.8, 4) is 0 Å². The Hall–Kier alpha value is -1.56. The molecule has 1 heterocycles. The summed E-state index contributed by atoms with van der Waals surface area (Å²) in [6, 6.07) is 4.29. The van der Waals surface area contributed by atoms with E-state index >= 15 is 0 Å². The van der Waals surface area contributed by atoms with Gasteiger partial charge < -0.3 is 9.84 Å². The summed E-state index contributed by atoms with van der Waals surface area (Å²) in [5.74, 6) is -1.11. The highest BCUT2D eigenvalue weighted by molar-refractivity contribution is 5.76. The molecule has 2 rings (SSSR count). The lowest BCUT2D eigenvalue weighted by Gasteiger charge is -2.06. The molecule has 1 aliphatic rings. The third kappa shape index (κ3) is 2.01. The van der Waals surface area contributed by atoms with Crippen LogP contribution in [0.5, 0.6) is 0 Å². The zero-order chi connectivity index (χ0) is 11.9. The molecule has 6 heteroatoms. The van der Waals surface area contributed by atoms with E-state index in [-0.39, 0.29) is 0 Å². The van der Waals surface area contributed by atoms with E-state index in [1.54, 1.807) is 0 Å². The molecule has 1 aromatic rings. The molecule has 1 N–H and O–H groups in total. The van der Waals surface area contributed by atoms with Gasteiger partial charge in [-0.05, 0) is 17.7 Å². The van der Waals surface area contributed by atoms with Crippen molar-refractivity contribution in [2.24, 2.45) is 0 Å². The minimum Gasteiger partial charge on any atom is -0.479 e. The van der Waals surface area contributed by atoms with E-state index in [4.69, 9.17) is 9.84 Å². The van der Waals surface area contributed by atoms with Crippen molar-refractivity contribution in [2.75, 3.05) is 0 Å². The van der Waals surface area contributed by atoms with Crippen LogP contribution in [0.25, 0.3) is 0 Å². The molecule has 0 spiro atoms. The van der Waals surface area contributed by atoms with E-state index in [1.165, 1.54) is 12.1 Å². The first-order valence-electron chi connectivity index (χ1n) is 4.45. The van der Waals surface area contributed by atoms with Gasteiger partial charge in [0.1, 0.15) is 6.10 Å². The quantitative estimate of drug-likeness (QED) is 0.795. The number of hydrogen-bond donors (Lipinski definition) is 1. The molecule has 1 saturated heterocycles. The molecule has 1 fully saturated rings. The van der Waals surface area contributed by atoms with Crippen LogP contribution in [-0.2, 0) is 15.7 Å². The normalized spacial score (nSPS) is 24.2. The summed E-state index contributed by atoms with van der Waals surface area (Å²) in [5, 5.41) is 8.56. The Balaban J connectivity index is 2.13. The van der Waals surface area contributed by atoms with E-state index in [1.807, 2.05) is 0 Å². The maximum atomic E-state index is 12.2. The van der Waals surface area contributed by atoms with Gasteiger partial charge in [-0.3, -0.25) is 0 Å². The molecule has 86 valence electrons. The number of benzene rings is 1. The molecular formula is C10H7F3O3. The molecule has 1 aromatic carbocycles. The van der Waals surface area contributed by atoms with Crippen LogP contribution in [0.15, 0.2) is 24.3 Å². The first kappa shape index (κ1) is 10.9. The van der Waals surface area contributed by atoms with Crippen LogP contribution in [0.2, 0.25) is 0 Å². The number of epoxide rings is 1. The van der Waals surface area contributed by atoms with Crippen molar-refractivity contribution in [3.63, 3.8) is 0 Å². The van der Waals surface area contributed by atoms with Crippen LogP contribution in [0.1, 0.15) is 17.2 Å². The van der Waals surface area contributed by atoms with Crippen molar-refractivity contribution in [3.05, 3.63) is 35.4 Å². The molecule has 1 aliphatic heterocycles. The summed E-state index contributed by atoms with van der Waals surface area (Å²) in [6.45, 7) is 0. The van der Waals surface area contributed by atoms with E-state index in [0.29, 0.717) is 5.56 Å². The average Bonchev–Trinajstić information content (AvgIpc) is 2.96. The highest BCUT2D eigenvalue weighted by Gasteiger charge is 2.46. The number of halogens is 3. The highest BCUT2D eigenvalue weighted by Crippen LogP contribution is 2.39. The molecule has 0 amide bonds. The monoisotopic (exact) mass is 232 g/mol. The predicted octanol–water partition coefficient (Wildman–Crippen LogP) is 2.23. The summed E-state index contributed by atoms with van der Waals surface area (Å²) in [5.41, 5.74) is -0.316. The maximum Gasteiger partial charge on any atom is 0.416 e. The fourth-order valence-corrected chi connectivity index (χ4v) is 1.42. The van der Waals surface area contributed by atoms with Crippen molar-refractivity contribution in [2.45, 2.75) is 18.4 Å². The van der Waals surface area contributed by atoms with Gasteiger partial charge in [0.15, 0.2) is 6.10 Å². The Morgan fingerprint density at radius 2 is 1.81 bits per heavy atom. The van der Waals surface area contributed by atoms with Gasteiger partial charge >= 0.3 is 12.1 Å². The molecule has 0 radical (unpaired) electrons. The van der Waals surface area contributed by atoms with Gasteiger partial charge in [-0.2, -0.15) is 13.2 Å². The Bertz CT molecular complexity index is 410. The molecule has 0 aromatic heterocycles. The number of ether oxygens (including phenoxy) is 1. The Labute approximate surface area is 88.5 Å². The van der Waals surface area contributed by atoms with Gasteiger partial charge in [0, 0.05) is 0 Å². The zero-order valence-corrected chi connectivity index (χ0v) is 7.86. The second kappa shape index (κ2) is 3.48. The van der Waals surface area contributed by atoms with Crippen LogP contribution in [0, 0.1) is 0 Å². The number of hydrogen-bond acceptors (Lipinski definition) is 2. The van der Waals surface area contributed by atoms with Gasteiger partial charge in [-0.1, -0.05) is 12.1 Å². The van der Waals surface area contributed by atoms with Crippen molar-refractivity contribution < 1.29 is 27.8 Å². The fourth-order valence-electron chi connectivity index (χ4n) is 1.42. The molecule has 0 bridgehead atoms. The Morgan fingerprint density at radius 1 is 1.25 bits per heavy atom. The highest BCUT2D eigenvalue weighted by atomic mass is 19.4. The standard InChI is InChI=1S/C10H7F3O3/c11-10(12,13)6-3-1-5(2-4-6)7-8(16-7)9(14)15/h1-4,7-8H,(H,14,15)/t7-,8-/m0/s1. The second-order valence-electron chi connectivity index (χ2n) is 3.44. The SMILES string of the molecule is O=C(O)[C@H]1O[C@H]1c1ccc(C(F)(F)F)cc1. The van der Waals surface area contributed by atoms with Crippen LogP contribution >= 0.6 is 0 Å². The number of carboxylic acids is 1. The smallest absolute Gasteiger partial charge is 0.416 e. The number of rotatable bonds is 2. The van der Waals surface area contributed by atoms with Gasteiger partial charge in [0.2, 0.25) is 0 Å². The molecule has 16 heavy (non-hydrogen) atoms. The Kier molecular flexibility index (Phi) is 2.38. The number of carbonyl (C=O) groups is 1. The third-order valence-electron chi connectivity index (χ3n) is 2.30. The summed E-state index contributed by atoms with van der Waals surface area (Å²) in [6.07, 6.45) is -5.94. The minimum atomic E-state index is -4.38. The number of carboxylic acid groups (broad SMARTS) is 1. The fraction of sp³-hybridized carbons (Fsp3) is 0.300. The lowest BCUT2D eigenvalue weighted by Crippen LogP contribution is -2.06.